The average molecular weight is 192 g/mol. The molecule has 72 valence electrons. The molecule has 2 aromatic rings. The second-order valence-electron chi connectivity index (χ2n) is 3.21. The van der Waals surface area contributed by atoms with E-state index in [4.69, 9.17) is 0 Å². The minimum Gasteiger partial charge on any atom is -0.326 e. The van der Waals surface area contributed by atoms with Crippen LogP contribution in [0, 0.1) is 5.82 Å². The number of carbonyl (C=O) groups excluding carboxylic acids is 1. The van der Waals surface area contributed by atoms with E-state index in [-0.39, 0.29) is 5.78 Å². The second-order valence-corrected chi connectivity index (χ2v) is 3.21. The summed E-state index contributed by atoms with van der Waals surface area (Å²) in [6.45, 7) is 1.48. The lowest BCUT2D eigenvalue weighted by Crippen LogP contribution is -2.01. The first-order valence-electron chi connectivity index (χ1n) is 4.21. The number of carbonyl (C=O) groups is 1. The van der Waals surface area contributed by atoms with Gasteiger partial charge in [0.2, 0.25) is 0 Å². The molecule has 0 amide bonds. The third-order valence-corrected chi connectivity index (χ3v) is 2.19. The zero-order valence-corrected chi connectivity index (χ0v) is 7.91. The van der Waals surface area contributed by atoms with Crippen LogP contribution < -0.4 is 0 Å². The summed E-state index contributed by atoms with van der Waals surface area (Å²) in [4.78, 5) is 15.1. The molecule has 0 spiro atoms. The monoisotopic (exact) mass is 192 g/mol. The van der Waals surface area contributed by atoms with Crippen molar-refractivity contribution in [1.82, 2.24) is 9.55 Å². The first kappa shape index (κ1) is 8.87. The van der Waals surface area contributed by atoms with Gasteiger partial charge in [0.25, 0.3) is 0 Å². The topological polar surface area (TPSA) is 34.9 Å². The number of fused-ring (bicyclic) bond motifs is 1. The van der Waals surface area contributed by atoms with Gasteiger partial charge >= 0.3 is 0 Å². The summed E-state index contributed by atoms with van der Waals surface area (Å²) in [6, 6.07) is 3.02. The third-order valence-electron chi connectivity index (χ3n) is 2.19. The van der Waals surface area contributed by atoms with Crippen LogP contribution in [0.3, 0.4) is 0 Å². The van der Waals surface area contributed by atoms with Gasteiger partial charge in [0, 0.05) is 19.4 Å². The Kier molecular flexibility index (Phi) is 1.84. The number of nitrogens with zero attached hydrogens (tertiary/aromatic N) is 2. The number of halogens is 1. The molecule has 0 aromatic carbocycles. The molecule has 14 heavy (non-hydrogen) atoms. The fourth-order valence-corrected chi connectivity index (χ4v) is 1.53. The van der Waals surface area contributed by atoms with Crippen molar-refractivity contribution in [2.45, 2.75) is 6.92 Å². The van der Waals surface area contributed by atoms with Crippen molar-refractivity contribution in [2.24, 2.45) is 7.05 Å². The Morgan fingerprint density at radius 2 is 2.21 bits per heavy atom. The van der Waals surface area contributed by atoms with Gasteiger partial charge in [-0.1, -0.05) is 0 Å². The number of aryl methyl sites for hydroxylation is 1. The van der Waals surface area contributed by atoms with E-state index in [1.54, 1.807) is 17.7 Å². The molecule has 0 saturated heterocycles. The second kappa shape index (κ2) is 2.90. The number of Topliss-reactive ketones (excluding diaryl/α,β-unsaturated/α-hetero) is 1. The quantitative estimate of drug-likeness (QED) is 0.647. The van der Waals surface area contributed by atoms with Crippen LogP contribution in [0.2, 0.25) is 0 Å². The molecule has 0 bridgehead atoms. The van der Waals surface area contributed by atoms with E-state index in [0.717, 1.165) is 6.20 Å². The zero-order chi connectivity index (χ0) is 10.3. The van der Waals surface area contributed by atoms with E-state index in [0.29, 0.717) is 16.7 Å². The molecular formula is C10H9FN2O. The summed E-state index contributed by atoms with van der Waals surface area (Å²) in [5.74, 6) is -0.441. The molecule has 2 heterocycles. The number of ketones is 1. The summed E-state index contributed by atoms with van der Waals surface area (Å²) >= 11 is 0. The fraction of sp³-hybridized carbons (Fsp3) is 0.200. The standard InChI is InChI=1S/C10H9FN2O/c1-6(14)9-4-7-3-8(11)5-12-10(7)13(9)2/h3-5H,1-2H3. The molecule has 2 aromatic heterocycles. The molecule has 0 aliphatic heterocycles. The molecule has 2 rings (SSSR count). The highest BCUT2D eigenvalue weighted by Gasteiger charge is 2.10. The first-order chi connectivity index (χ1) is 6.59. The molecule has 0 saturated carbocycles. The van der Waals surface area contributed by atoms with Gasteiger partial charge in [-0.15, -0.1) is 0 Å². The van der Waals surface area contributed by atoms with Crippen LogP contribution in [0.4, 0.5) is 4.39 Å². The van der Waals surface area contributed by atoms with Crippen molar-refractivity contribution in [3.8, 4) is 0 Å². The van der Waals surface area contributed by atoms with Crippen molar-refractivity contribution >= 4 is 16.8 Å². The van der Waals surface area contributed by atoms with Crippen LogP contribution in [0.1, 0.15) is 17.4 Å². The summed E-state index contributed by atoms with van der Waals surface area (Å²) in [6.07, 6.45) is 1.15. The molecule has 0 atom stereocenters. The normalized spacial score (nSPS) is 10.8. The molecular weight excluding hydrogens is 183 g/mol. The Labute approximate surface area is 80.2 Å². The van der Waals surface area contributed by atoms with E-state index in [1.165, 1.54) is 13.0 Å². The number of rotatable bonds is 1. The largest absolute Gasteiger partial charge is 0.326 e. The van der Waals surface area contributed by atoms with E-state index < -0.39 is 5.82 Å². The predicted octanol–water partition coefficient (Wildman–Crippen LogP) is 1.91. The van der Waals surface area contributed by atoms with Gasteiger partial charge in [-0.25, -0.2) is 9.37 Å². The van der Waals surface area contributed by atoms with Crippen molar-refractivity contribution in [3.05, 3.63) is 29.8 Å². The van der Waals surface area contributed by atoms with Gasteiger partial charge in [0.05, 0.1) is 11.9 Å². The van der Waals surface area contributed by atoms with Crippen LogP contribution >= 0.6 is 0 Å². The number of aromatic nitrogens is 2. The summed E-state index contributed by atoms with van der Waals surface area (Å²) < 4.78 is 14.5. The smallest absolute Gasteiger partial charge is 0.176 e. The maximum atomic E-state index is 12.8. The average Bonchev–Trinajstić information content (AvgIpc) is 2.43. The van der Waals surface area contributed by atoms with Gasteiger partial charge in [0.15, 0.2) is 5.78 Å². The SMILES string of the molecule is CC(=O)c1cc2cc(F)cnc2n1C. The van der Waals surface area contributed by atoms with Crippen LogP contribution in [-0.4, -0.2) is 15.3 Å². The van der Waals surface area contributed by atoms with Crippen LogP contribution in [0.25, 0.3) is 11.0 Å². The van der Waals surface area contributed by atoms with Crippen molar-refractivity contribution in [3.63, 3.8) is 0 Å². The Morgan fingerprint density at radius 3 is 2.86 bits per heavy atom. The van der Waals surface area contributed by atoms with Gasteiger partial charge in [-0.3, -0.25) is 4.79 Å². The maximum Gasteiger partial charge on any atom is 0.176 e. The van der Waals surface area contributed by atoms with Gasteiger partial charge in [0.1, 0.15) is 11.5 Å². The number of pyridine rings is 1. The lowest BCUT2D eigenvalue weighted by atomic mass is 10.3. The Bertz CT molecular complexity index is 516. The predicted molar refractivity (Wildman–Crippen MR) is 50.7 cm³/mol. The van der Waals surface area contributed by atoms with E-state index >= 15 is 0 Å². The number of hydrogen-bond donors (Lipinski definition) is 0. The van der Waals surface area contributed by atoms with E-state index in [2.05, 4.69) is 4.98 Å². The van der Waals surface area contributed by atoms with Crippen LogP contribution in [-0.2, 0) is 7.05 Å². The van der Waals surface area contributed by atoms with Crippen LogP contribution in [0.15, 0.2) is 18.3 Å². The van der Waals surface area contributed by atoms with Crippen molar-refractivity contribution < 1.29 is 9.18 Å². The van der Waals surface area contributed by atoms with Crippen molar-refractivity contribution in [2.75, 3.05) is 0 Å². The molecule has 3 nitrogen and oxygen atoms in total. The highest BCUT2D eigenvalue weighted by Crippen LogP contribution is 2.17. The Morgan fingerprint density at radius 1 is 1.50 bits per heavy atom. The maximum absolute atomic E-state index is 12.8. The minimum atomic E-state index is -0.391. The van der Waals surface area contributed by atoms with Gasteiger partial charge in [-0.05, 0) is 12.1 Å². The molecule has 0 unspecified atom stereocenters. The van der Waals surface area contributed by atoms with Gasteiger partial charge in [-0.2, -0.15) is 0 Å². The highest BCUT2D eigenvalue weighted by atomic mass is 19.1. The highest BCUT2D eigenvalue weighted by molar-refractivity contribution is 5.97. The summed E-state index contributed by atoms with van der Waals surface area (Å²) in [5.41, 5.74) is 1.16. The van der Waals surface area contributed by atoms with Crippen molar-refractivity contribution in [1.29, 1.82) is 0 Å². The van der Waals surface area contributed by atoms with Gasteiger partial charge < -0.3 is 4.57 Å². The molecule has 0 fully saturated rings. The fourth-order valence-electron chi connectivity index (χ4n) is 1.53. The minimum absolute atomic E-state index is 0.0501. The first-order valence-corrected chi connectivity index (χ1v) is 4.21. The number of hydrogen-bond acceptors (Lipinski definition) is 2. The summed E-state index contributed by atoms with van der Waals surface area (Å²) in [5, 5.41) is 0.651. The lowest BCUT2D eigenvalue weighted by Gasteiger charge is -1.98. The van der Waals surface area contributed by atoms with E-state index in [9.17, 15) is 9.18 Å². The molecule has 0 N–H and O–H groups in total. The zero-order valence-electron chi connectivity index (χ0n) is 7.91. The third kappa shape index (κ3) is 1.19. The van der Waals surface area contributed by atoms with E-state index in [1.807, 2.05) is 0 Å². The van der Waals surface area contributed by atoms with Crippen LogP contribution in [0.5, 0.6) is 0 Å². The lowest BCUT2D eigenvalue weighted by molar-refractivity contribution is 0.101. The summed E-state index contributed by atoms with van der Waals surface area (Å²) in [7, 11) is 1.74. The molecule has 0 radical (unpaired) electrons. The molecule has 0 aliphatic carbocycles. The Hall–Kier alpha value is -1.71. The molecule has 4 heteroatoms. The molecule has 0 aliphatic rings. The Balaban J connectivity index is 2.79.